The van der Waals surface area contributed by atoms with Crippen LogP contribution in [0.4, 0.5) is 0 Å². The molecule has 0 fully saturated rings. The van der Waals surface area contributed by atoms with Gasteiger partial charge in [-0.2, -0.15) is 5.10 Å². The highest BCUT2D eigenvalue weighted by molar-refractivity contribution is 7.10. The fourth-order valence-corrected chi connectivity index (χ4v) is 2.47. The lowest BCUT2D eigenvalue weighted by atomic mass is 10.1. The summed E-state index contributed by atoms with van der Waals surface area (Å²) in [5.74, 6) is 0.399. The van der Waals surface area contributed by atoms with Gasteiger partial charge in [0.25, 0.3) is 5.91 Å². The molecule has 0 atom stereocenters. The summed E-state index contributed by atoms with van der Waals surface area (Å²) in [5, 5.41) is 14.9. The summed E-state index contributed by atoms with van der Waals surface area (Å²) in [7, 11) is 0. The highest BCUT2D eigenvalue weighted by Crippen LogP contribution is 2.22. The number of nitrogens with zero attached hydrogens (tertiary/aromatic N) is 1. The number of amides is 1. The Balaban J connectivity index is 1.95. The number of carbonyl (C=O) groups excluding carboxylic acids is 1. The largest absolute Gasteiger partial charge is 0.508 e. The van der Waals surface area contributed by atoms with Gasteiger partial charge in [-0.25, -0.2) is 5.43 Å². The van der Waals surface area contributed by atoms with E-state index in [0.29, 0.717) is 11.5 Å². The maximum atomic E-state index is 11.9. The van der Waals surface area contributed by atoms with Crippen LogP contribution in [0.15, 0.2) is 40.8 Å². The van der Waals surface area contributed by atoms with E-state index in [1.54, 1.807) is 35.6 Å². The van der Waals surface area contributed by atoms with Crippen molar-refractivity contribution in [1.29, 1.82) is 0 Å². The number of aromatic hydroxyl groups is 1. The van der Waals surface area contributed by atoms with Crippen LogP contribution in [0.1, 0.15) is 40.6 Å². The predicted octanol–water partition coefficient (Wildman–Crippen LogP) is 3.34. The van der Waals surface area contributed by atoms with Crippen LogP contribution in [0.3, 0.4) is 0 Å². The molecular weight excluding hydrogens is 272 g/mol. The van der Waals surface area contributed by atoms with E-state index in [-0.39, 0.29) is 11.7 Å². The van der Waals surface area contributed by atoms with Crippen molar-refractivity contribution in [1.82, 2.24) is 5.43 Å². The SMILES string of the molecule is CC(C)c1cc(C(=O)N/N=C/c2ccc(O)cc2)cs1. The third-order valence-electron chi connectivity index (χ3n) is 2.72. The Hall–Kier alpha value is -2.14. The average molecular weight is 288 g/mol. The number of phenolic OH excluding ortho intramolecular Hbond substituents is 1. The van der Waals surface area contributed by atoms with Crippen LogP contribution in [0.25, 0.3) is 0 Å². The summed E-state index contributed by atoms with van der Waals surface area (Å²) in [6, 6.07) is 8.45. The second-order valence-electron chi connectivity index (χ2n) is 4.68. The van der Waals surface area contributed by atoms with Crippen molar-refractivity contribution in [3.63, 3.8) is 0 Å². The normalized spacial score (nSPS) is 11.2. The fourth-order valence-electron chi connectivity index (χ4n) is 1.57. The molecule has 4 nitrogen and oxygen atoms in total. The van der Waals surface area contributed by atoms with Crippen molar-refractivity contribution < 1.29 is 9.90 Å². The number of hydrazone groups is 1. The molecule has 0 aliphatic carbocycles. The maximum Gasteiger partial charge on any atom is 0.272 e. The summed E-state index contributed by atoms with van der Waals surface area (Å²) in [4.78, 5) is 13.0. The van der Waals surface area contributed by atoms with Crippen molar-refractivity contribution in [2.45, 2.75) is 19.8 Å². The van der Waals surface area contributed by atoms with E-state index >= 15 is 0 Å². The number of benzene rings is 1. The first kappa shape index (κ1) is 14.3. The van der Waals surface area contributed by atoms with Crippen molar-refractivity contribution in [2.75, 3.05) is 0 Å². The van der Waals surface area contributed by atoms with E-state index in [0.717, 1.165) is 5.56 Å². The van der Waals surface area contributed by atoms with E-state index in [2.05, 4.69) is 24.4 Å². The number of hydrogen-bond donors (Lipinski definition) is 2. The molecule has 0 aliphatic rings. The van der Waals surface area contributed by atoms with Gasteiger partial charge in [0.05, 0.1) is 11.8 Å². The van der Waals surface area contributed by atoms with Gasteiger partial charge in [0.2, 0.25) is 0 Å². The van der Waals surface area contributed by atoms with Crippen LogP contribution >= 0.6 is 11.3 Å². The van der Waals surface area contributed by atoms with Crippen LogP contribution in [0.5, 0.6) is 5.75 Å². The molecule has 1 amide bonds. The van der Waals surface area contributed by atoms with E-state index in [1.807, 2.05) is 11.4 Å². The number of rotatable bonds is 4. The molecule has 2 N–H and O–H groups in total. The Morgan fingerprint density at radius 1 is 1.35 bits per heavy atom. The minimum atomic E-state index is -0.219. The Labute approximate surface area is 121 Å². The van der Waals surface area contributed by atoms with Gasteiger partial charge in [0.1, 0.15) is 5.75 Å². The summed E-state index contributed by atoms with van der Waals surface area (Å²) in [5.41, 5.74) is 3.92. The Morgan fingerprint density at radius 3 is 2.65 bits per heavy atom. The summed E-state index contributed by atoms with van der Waals surface area (Å²) >= 11 is 1.58. The van der Waals surface area contributed by atoms with Crippen LogP contribution in [0.2, 0.25) is 0 Å². The molecule has 2 rings (SSSR count). The van der Waals surface area contributed by atoms with Gasteiger partial charge in [0.15, 0.2) is 0 Å². The maximum absolute atomic E-state index is 11.9. The number of carbonyl (C=O) groups is 1. The van der Waals surface area contributed by atoms with E-state index in [9.17, 15) is 4.79 Å². The molecule has 1 aromatic carbocycles. The third-order valence-corrected chi connectivity index (χ3v) is 3.96. The lowest BCUT2D eigenvalue weighted by Crippen LogP contribution is -2.16. The molecule has 2 aromatic rings. The first-order chi connectivity index (χ1) is 9.56. The Kier molecular flexibility index (Phi) is 4.53. The molecule has 0 unspecified atom stereocenters. The quantitative estimate of drug-likeness (QED) is 0.669. The summed E-state index contributed by atoms with van der Waals surface area (Å²) in [6.45, 7) is 4.19. The minimum absolute atomic E-state index is 0.200. The average Bonchev–Trinajstić information content (AvgIpc) is 2.91. The first-order valence-corrected chi connectivity index (χ1v) is 7.15. The molecule has 0 saturated carbocycles. The number of thiophene rings is 1. The highest BCUT2D eigenvalue weighted by Gasteiger charge is 2.09. The summed E-state index contributed by atoms with van der Waals surface area (Å²) in [6.07, 6.45) is 1.53. The molecule has 5 heteroatoms. The van der Waals surface area contributed by atoms with Crippen molar-refractivity contribution in [3.8, 4) is 5.75 Å². The number of nitrogens with one attached hydrogen (secondary N) is 1. The minimum Gasteiger partial charge on any atom is -0.508 e. The van der Waals surface area contributed by atoms with Crippen LogP contribution in [-0.4, -0.2) is 17.2 Å². The standard InChI is InChI=1S/C15H16N2O2S/c1-10(2)14-7-12(9-20-14)15(19)17-16-8-11-3-5-13(18)6-4-11/h3-10,18H,1-2H3,(H,17,19)/b16-8+. The van der Waals surface area contributed by atoms with Crippen molar-refractivity contribution >= 4 is 23.5 Å². The van der Waals surface area contributed by atoms with E-state index in [1.165, 1.54) is 11.1 Å². The van der Waals surface area contributed by atoms with Gasteiger partial charge in [0, 0.05) is 10.3 Å². The molecule has 104 valence electrons. The first-order valence-electron chi connectivity index (χ1n) is 6.27. The van der Waals surface area contributed by atoms with Gasteiger partial charge in [-0.05, 0) is 41.8 Å². The second kappa shape index (κ2) is 6.34. The van der Waals surface area contributed by atoms with Gasteiger partial charge in [-0.3, -0.25) is 4.79 Å². The highest BCUT2D eigenvalue weighted by atomic mass is 32.1. The second-order valence-corrected chi connectivity index (χ2v) is 5.63. The van der Waals surface area contributed by atoms with Gasteiger partial charge in [-0.1, -0.05) is 13.8 Å². The molecular formula is C15H16N2O2S. The van der Waals surface area contributed by atoms with E-state index < -0.39 is 0 Å². The third kappa shape index (κ3) is 3.68. The zero-order valence-electron chi connectivity index (χ0n) is 11.3. The lowest BCUT2D eigenvalue weighted by molar-refractivity contribution is 0.0955. The molecule has 1 aromatic heterocycles. The molecule has 1 heterocycles. The zero-order chi connectivity index (χ0) is 14.5. The van der Waals surface area contributed by atoms with Gasteiger partial charge >= 0.3 is 0 Å². The van der Waals surface area contributed by atoms with Crippen LogP contribution < -0.4 is 5.43 Å². The smallest absolute Gasteiger partial charge is 0.272 e. The number of phenols is 1. The van der Waals surface area contributed by atoms with Crippen LogP contribution in [-0.2, 0) is 0 Å². The zero-order valence-corrected chi connectivity index (χ0v) is 12.1. The van der Waals surface area contributed by atoms with Gasteiger partial charge < -0.3 is 5.11 Å². The molecule has 0 bridgehead atoms. The van der Waals surface area contributed by atoms with Crippen molar-refractivity contribution in [3.05, 3.63) is 51.7 Å². The Bertz CT molecular complexity index is 615. The lowest BCUT2D eigenvalue weighted by Gasteiger charge is -1.98. The summed E-state index contributed by atoms with van der Waals surface area (Å²) < 4.78 is 0. The number of hydrogen-bond acceptors (Lipinski definition) is 4. The fraction of sp³-hybridized carbons (Fsp3) is 0.200. The monoisotopic (exact) mass is 288 g/mol. The predicted molar refractivity (Wildman–Crippen MR) is 81.6 cm³/mol. The molecule has 20 heavy (non-hydrogen) atoms. The topological polar surface area (TPSA) is 61.7 Å². The molecule has 0 radical (unpaired) electrons. The molecule has 0 saturated heterocycles. The Morgan fingerprint density at radius 2 is 2.05 bits per heavy atom. The van der Waals surface area contributed by atoms with Crippen LogP contribution in [0, 0.1) is 0 Å². The molecule has 0 aliphatic heterocycles. The molecule has 0 spiro atoms. The van der Waals surface area contributed by atoms with Crippen molar-refractivity contribution in [2.24, 2.45) is 5.10 Å². The van der Waals surface area contributed by atoms with E-state index in [4.69, 9.17) is 5.11 Å². The van der Waals surface area contributed by atoms with Gasteiger partial charge in [-0.15, -0.1) is 11.3 Å².